The Hall–Kier alpha value is -4.07. The second kappa shape index (κ2) is 12.6. The molecule has 6 rings (SSSR count). The molecule has 0 unspecified atom stereocenters. The molecular formula is C32H32ClF2N5O5S. The Kier molecular flexibility index (Phi) is 8.75. The summed E-state index contributed by atoms with van der Waals surface area (Å²) in [6, 6.07) is 8.21. The van der Waals surface area contributed by atoms with Crippen LogP contribution >= 0.6 is 11.6 Å². The van der Waals surface area contributed by atoms with Crippen molar-refractivity contribution in [3.8, 4) is 16.9 Å². The highest BCUT2D eigenvalue weighted by atomic mass is 35.5. The number of benzene rings is 3. The minimum Gasteiger partial charge on any atom is -0.487 e. The predicted octanol–water partition coefficient (Wildman–Crippen LogP) is 6.27. The molecule has 1 fully saturated rings. The van der Waals surface area contributed by atoms with Crippen LogP contribution in [-0.4, -0.2) is 43.0 Å². The Morgan fingerprint density at radius 3 is 2.63 bits per heavy atom. The van der Waals surface area contributed by atoms with Gasteiger partial charge in [-0.15, -0.1) is 0 Å². The maximum atomic E-state index is 16.1. The van der Waals surface area contributed by atoms with Crippen LogP contribution in [0.2, 0.25) is 5.02 Å². The largest absolute Gasteiger partial charge is 0.487 e. The number of sulfonamides is 1. The van der Waals surface area contributed by atoms with E-state index in [1.165, 1.54) is 13.0 Å². The summed E-state index contributed by atoms with van der Waals surface area (Å²) in [5.41, 5.74) is 6.97. The number of fused-ring (bicyclic) bond motifs is 2. The summed E-state index contributed by atoms with van der Waals surface area (Å²) in [5, 5.41) is 3.99. The quantitative estimate of drug-likeness (QED) is 0.185. The standard InChI is InChI=1S/C32H32ClF2N5O5S/c1-3-17-10-18(11-19-14-37-32(39-30(17)19)38-22-6-4-21(36)5-7-22)28-24(34)8-9-25(29(28)35)40-46(42,43)27-13-20(33)12-23-26(45-16(2)41)15-44-31(23)27/h8-14,21-22,26,40H,3-7,15,36H2,1-2H3,(H,37,38,39)/t21?,22?,26-/m1/s1. The number of aromatic nitrogens is 2. The molecule has 1 aliphatic heterocycles. The van der Waals surface area contributed by atoms with Crippen LogP contribution < -0.4 is 20.5 Å². The number of aryl methyl sites for hydroxylation is 1. The predicted molar refractivity (Wildman–Crippen MR) is 170 cm³/mol. The molecule has 0 saturated heterocycles. The summed E-state index contributed by atoms with van der Waals surface area (Å²) in [4.78, 5) is 20.3. The number of esters is 1. The van der Waals surface area contributed by atoms with Crippen LogP contribution in [0.5, 0.6) is 5.75 Å². The van der Waals surface area contributed by atoms with E-state index in [2.05, 4.69) is 15.0 Å². The molecule has 0 amide bonds. The molecule has 1 aliphatic carbocycles. The number of ether oxygens (including phenoxy) is 2. The summed E-state index contributed by atoms with van der Waals surface area (Å²) in [6.45, 7) is 3.00. The molecule has 0 radical (unpaired) electrons. The summed E-state index contributed by atoms with van der Waals surface area (Å²) in [6.07, 6.45) is 4.94. The van der Waals surface area contributed by atoms with Gasteiger partial charge in [0.1, 0.15) is 23.1 Å². The highest BCUT2D eigenvalue weighted by Crippen LogP contribution is 2.43. The SMILES string of the molecule is CCc1cc(-c2c(F)ccc(NS(=O)(=O)c3cc(Cl)cc4c3OC[C@H]4OC(C)=O)c2F)cc2cnc(NC3CCC(N)CC3)nc12. The Bertz CT molecular complexity index is 1950. The molecular weight excluding hydrogens is 640 g/mol. The van der Waals surface area contributed by atoms with E-state index < -0.39 is 45.0 Å². The first-order valence-corrected chi connectivity index (χ1v) is 16.8. The van der Waals surface area contributed by atoms with Crippen molar-refractivity contribution >= 4 is 50.1 Å². The fourth-order valence-corrected chi connectivity index (χ4v) is 7.52. The van der Waals surface area contributed by atoms with E-state index in [0.717, 1.165) is 49.4 Å². The first kappa shape index (κ1) is 31.9. The number of rotatable bonds is 8. The topological polar surface area (TPSA) is 146 Å². The molecule has 4 aromatic rings. The molecule has 242 valence electrons. The number of nitrogens with zero attached hydrogens (tertiary/aromatic N) is 2. The summed E-state index contributed by atoms with van der Waals surface area (Å²) in [5.74, 6) is -2.18. The lowest BCUT2D eigenvalue weighted by Crippen LogP contribution is -2.33. The maximum Gasteiger partial charge on any atom is 0.303 e. The van der Waals surface area contributed by atoms with Gasteiger partial charge in [-0.05, 0) is 79.6 Å². The van der Waals surface area contributed by atoms with Gasteiger partial charge in [0.25, 0.3) is 10.0 Å². The number of nitrogens with one attached hydrogen (secondary N) is 2. The van der Waals surface area contributed by atoms with E-state index in [4.69, 9.17) is 31.8 Å². The number of anilines is 2. The van der Waals surface area contributed by atoms with Crippen molar-refractivity contribution in [2.24, 2.45) is 5.73 Å². The van der Waals surface area contributed by atoms with Crippen molar-refractivity contribution in [3.05, 3.63) is 70.4 Å². The third-order valence-electron chi connectivity index (χ3n) is 8.24. The second-order valence-corrected chi connectivity index (χ2v) is 13.6. The molecule has 3 aromatic carbocycles. The normalized spacial score (nSPS) is 19.4. The summed E-state index contributed by atoms with van der Waals surface area (Å²) >= 11 is 6.21. The molecule has 10 nitrogen and oxygen atoms in total. The molecule has 1 saturated carbocycles. The first-order valence-electron chi connectivity index (χ1n) is 14.9. The van der Waals surface area contributed by atoms with E-state index in [0.29, 0.717) is 23.3 Å². The third-order valence-corrected chi connectivity index (χ3v) is 9.83. The van der Waals surface area contributed by atoms with Crippen molar-refractivity contribution in [1.82, 2.24) is 9.97 Å². The van der Waals surface area contributed by atoms with Crippen molar-refractivity contribution in [2.45, 2.75) is 69.0 Å². The molecule has 46 heavy (non-hydrogen) atoms. The molecule has 1 aromatic heterocycles. The second-order valence-electron chi connectivity index (χ2n) is 11.5. The minimum absolute atomic E-state index is 0.0359. The molecule has 1 atom stereocenters. The van der Waals surface area contributed by atoms with Crippen molar-refractivity contribution in [2.75, 3.05) is 16.6 Å². The van der Waals surface area contributed by atoms with E-state index in [9.17, 15) is 13.2 Å². The number of halogens is 3. The van der Waals surface area contributed by atoms with Crippen LogP contribution in [-0.2, 0) is 26.0 Å². The summed E-state index contributed by atoms with van der Waals surface area (Å²) in [7, 11) is -4.51. The zero-order valence-electron chi connectivity index (χ0n) is 25.1. The molecule has 14 heteroatoms. The molecule has 0 spiro atoms. The number of hydrogen-bond acceptors (Lipinski definition) is 9. The van der Waals surface area contributed by atoms with Crippen LogP contribution in [0.1, 0.15) is 56.8 Å². The van der Waals surface area contributed by atoms with Gasteiger partial charge in [-0.1, -0.05) is 18.5 Å². The van der Waals surface area contributed by atoms with Crippen LogP contribution in [0, 0.1) is 11.6 Å². The minimum atomic E-state index is -4.51. The number of carbonyl (C=O) groups excluding carboxylic acids is 1. The number of hydrogen-bond donors (Lipinski definition) is 3. The fraction of sp³-hybridized carbons (Fsp3) is 0.344. The highest BCUT2D eigenvalue weighted by Gasteiger charge is 2.34. The average molecular weight is 672 g/mol. The Morgan fingerprint density at radius 1 is 1.15 bits per heavy atom. The average Bonchev–Trinajstić information content (AvgIpc) is 3.40. The van der Waals surface area contributed by atoms with Gasteiger partial charge in [0.05, 0.1) is 16.8 Å². The lowest BCUT2D eigenvalue weighted by atomic mass is 9.92. The molecule has 4 N–H and O–H groups in total. The molecule has 2 aliphatic rings. The lowest BCUT2D eigenvalue weighted by Gasteiger charge is -2.26. The van der Waals surface area contributed by atoms with Gasteiger partial charge in [0.15, 0.2) is 11.9 Å². The van der Waals surface area contributed by atoms with Crippen LogP contribution in [0.3, 0.4) is 0 Å². The summed E-state index contributed by atoms with van der Waals surface area (Å²) < 4.78 is 71.4. The Balaban J connectivity index is 1.33. The van der Waals surface area contributed by atoms with Gasteiger partial charge in [0.2, 0.25) is 5.95 Å². The van der Waals surface area contributed by atoms with Crippen molar-refractivity contribution in [3.63, 3.8) is 0 Å². The Labute approximate surface area is 269 Å². The van der Waals surface area contributed by atoms with Gasteiger partial charge >= 0.3 is 5.97 Å². The fourth-order valence-electron chi connectivity index (χ4n) is 5.97. The zero-order valence-corrected chi connectivity index (χ0v) is 26.6. The van der Waals surface area contributed by atoms with E-state index >= 15 is 8.78 Å². The molecule has 0 bridgehead atoms. The lowest BCUT2D eigenvalue weighted by molar-refractivity contribution is -0.147. The zero-order chi connectivity index (χ0) is 32.7. The van der Waals surface area contributed by atoms with Crippen molar-refractivity contribution < 1.29 is 31.5 Å². The van der Waals surface area contributed by atoms with Crippen LogP contribution in [0.4, 0.5) is 20.4 Å². The van der Waals surface area contributed by atoms with E-state index in [-0.39, 0.29) is 45.5 Å². The van der Waals surface area contributed by atoms with Gasteiger partial charge in [-0.3, -0.25) is 9.52 Å². The van der Waals surface area contributed by atoms with Gasteiger partial charge < -0.3 is 20.5 Å². The highest BCUT2D eigenvalue weighted by molar-refractivity contribution is 7.92. The van der Waals surface area contributed by atoms with Crippen LogP contribution in [0.25, 0.3) is 22.0 Å². The monoisotopic (exact) mass is 671 g/mol. The number of carbonyl (C=O) groups is 1. The third kappa shape index (κ3) is 6.31. The van der Waals surface area contributed by atoms with E-state index in [1.807, 2.05) is 6.92 Å². The first-order chi connectivity index (χ1) is 21.9. The Morgan fingerprint density at radius 2 is 1.91 bits per heavy atom. The van der Waals surface area contributed by atoms with E-state index in [1.54, 1.807) is 18.3 Å². The van der Waals surface area contributed by atoms with Gasteiger partial charge in [-0.25, -0.2) is 27.2 Å². The smallest absolute Gasteiger partial charge is 0.303 e. The number of nitrogens with two attached hydrogens (primary N) is 1. The van der Waals surface area contributed by atoms with Gasteiger partial charge in [-0.2, -0.15) is 0 Å². The van der Waals surface area contributed by atoms with Crippen molar-refractivity contribution in [1.29, 1.82) is 0 Å². The molecule has 2 heterocycles. The maximum absolute atomic E-state index is 16.1. The van der Waals surface area contributed by atoms with Gasteiger partial charge in [0, 0.05) is 41.2 Å². The van der Waals surface area contributed by atoms with Crippen LogP contribution in [0.15, 0.2) is 47.5 Å².